The fourth-order valence-corrected chi connectivity index (χ4v) is 6.54. The number of hydrogen-bond acceptors (Lipinski definition) is 6. The first-order valence-electron chi connectivity index (χ1n) is 11.4. The Bertz CT molecular complexity index is 1290. The number of alkyl halides is 3. The zero-order valence-electron chi connectivity index (χ0n) is 18.9. The second-order valence-electron chi connectivity index (χ2n) is 8.93. The largest absolute Gasteiger partial charge is 0.435 e. The monoisotopic (exact) mass is 595 g/mol. The van der Waals surface area contributed by atoms with Gasteiger partial charge in [0.25, 0.3) is 5.60 Å². The van der Waals surface area contributed by atoms with Crippen molar-refractivity contribution in [1.29, 1.82) is 0 Å². The molecule has 0 bridgehead atoms. The van der Waals surface area contributed by atoms with Crippen LogP contribution in [0, 0.1) is 0 Å². The average molecular weight is 597 g/mol. The van der Waals surface area contributed by atoms with Gasteiger partial charge in [-0.15, -0.1) is 0 Å². The van der Waals surface area contributed by atoms with Crippen LogP contribution in [0.3, 0.4) is 0 Å². The molecule has 0 saturated carbocycles. The third-order valence-electron chi connectivity index (χ3n) is 6.61. The minimum Gasteiger partial charge on any atom is -0.399 e. The zero-order chi connectivity index (χ0) is 26.5. The Balaban J connectivity index is 1.46. The smallest absolute Gasteiger partial charge is 0.399 e. The van der Waals surface area contributed by atoms with Crippen LogP contribution in [0.5, 0.6) is 5.06 Å². The number of thiophene rings is 1. The lowest BCUT2D eigenvalue weighted by Gasteiger charge is -2.30. The molecule has 2 aromatic rings. The van der Waals surface area contributed by atoms with E-state index in [0.29, 0.717) is 30.7 Å². The molecule has 3 aliphatic rings. The van der Waals surface area contributed by atoms with E-state index in [1.165, 1.54) is 0 Å². The number of nitrogens with zero attached hydrogens (tertiary/aromatic N) is 1. The molecule has 2 amide bonds. The highest BCUT2D eigenvalue weighted by atomic mass is 35.5. The summed E-state index contributed by atoms with van der Waals surface area (Å²) >= 11 is 19.0. The first-order chi connectivity index (χ1) is 17.5. The molecule has 1 saturated heterocycles. The Kier molecular flexibility index (Phi) is 7.01. The van der Waals surface area contributed by atoms with Crippen LogP contribution in [-0.4, -0.2) is 36.5 Å². The van der Waals surface area contributed by atoms with Crippen molar-refractivity contribution in [2.45, 2.75) is 56.3 Å². The van der Waals surface area contributed by atoms with Crippen LogP contribution < -0.4 is 15.4 Å². The molecule has 1 unspecified atom stereocenters. The maximum atomic E-state index is 14.5. The standard InChI is InChI=1S/C23H19Cl3F3N3O4S/c24-13-7-10(8-14(25)17(13)26)22(23(27,28)29)9-16(32-36-22)18-11-3-1-2-4-12(11)20(37-18)35-21(34)31-15-5-6-30-19(15)33/h7-8,15H,1-6,9H2,(H,30,33)(H,31,34)/t15-,22?/m1/s1. The number of rotatable bonds is 4. The van der Waals surface area contributed by atoms with Crippen molar-refractivity contribution in [1.82, 2.24) is 10.6 Å². The van der Waals surface area contributed by atoms with Gasteiger partial charge in [0.2, 0.25) is 5.91 Å². The molecule has 1 aliphatic carbocycles. The number of carbonyl (C=O) groups is 2. The minimum absolute atomic E-state index is 0.0639. The number of fused-ring (bicyclic) bond motifs is 1. The van der Waals surface area contributed by atoms with E-state index < -0.39 is 30.3 Å². The van der Waals surface area contributed by atoms with Crippen LogP contribution in [0.15, 0.2) is 17.3 Å². The van der Waals surface area contributed by atoms with Gasteiger partial charge in [-0.05, 0) is 49.8 Å². The number of nitrogens with one attached hydrogen (secondary N) is 2. The topological polar surface area (TPSA) is 89.0 Å². The molecule has 0 spiro atoms. The summed E-state index contributed by atoms with van der Waals surface area (Å²) in [5, 5.41) is 8.92. The normalized spacial score (nSPS) is 23.2. The molecule has 37 heavy (non-hydrogen) atoms. The predicted octanol–water partition coefficient (Wildman–Crippen LogP) is 6.15. The Morgan fingerprint density at radius 2 is 1.86 bits per heavy atom. The summed E-state index contributed by atoms with van der Waals surface area (Å²) in [4.78, 5) is 29.9. The summed E-state index contributed by atoms with van der Waals surface area (Å²) in [7, 11) is 0. The van der Waals surface area contributed by atoms with Crippen molar-refractivity contribution in [3.8, 4) is 5.06 Å². The molecule has 0 radical (unpaired) electrons. The summed E-state index contributed by atoms with van der Waals surface area (Å²) in [6.45, 7) is 0.452. The predicted molar refractivity (Wildman–Crippen MR) is 133 cm³/mol. The second kappa shape index (κ2) is 9.83. The maximum absolute atomic E-state index is 14.5. The van der Waals surface area contributed by atoms with Crippen molar-refractivity contribution in [3.05, 3.63) is 48.8 Å². The first kappa shape index (κ1) is 26.4. The molecular weight excluding hydrogens is 578 g/mol. The van der Waals surface area contributed by atoms with Crippen LogP contribution in [0.25, 0.3) is 0 Å². The van der Waals surface area contributed by atoms with E-state index in [0.717, 1.165) is 47.4 Å². The minimum atomic E-state index is -4.86. The third kappa shape index (κ3) is 4.75. The van der Waals surface area contributed by atoms with Crippen molar-refractivity contribution in [3.63, 3.8) is 0 Å². The highest BCUT2D eigenvalue weighted by molar-refractivity contribution is 7.16. The van der Waals surface area contributed by atoms with Gasteiger partial charge in [0.15, 0.2) is 5.06 Å². The van der Waals surface area contributed by atoms with Gasteiger partial charge in [-0.3, -0.25) is 4.79 Å². The molecule has 7 nitrogen and oxygen atoms in total. The zero-order valence-corrected chi connectivity index (χ0v) is 22.0. The lowest BCUT2D eigenvalue weighted by Crippen LogP contribution is -2.42. The van der Waals surface area contributed by atoms with Crippen molar-refractivity contribution in [2.75, 3.05) is 6.54 Å². The molecule has 2 N–H and O–H groups in total. The van der Waals surface area contributed by atoms with Gasteiger partial charge in [-0.1, -0.05) is 51.3 Å². The van der Waals surface area contributed by atoms with Gasteiger partial charge in [-0.25, -0.2) is 4.79 Å². The molecule has 1 aromatic carbocycles. The molecule has 2 aliphatic heterocycles. The summed E-state index contributed by atoms with van der Waals surface area (Å²) in [5.74, 6) is -0.297. The van der Waals surface area contributed by atoms with Gasteiger partial charge in [0, 0.05) is 17.7 Å². The van der Waals surface area contributed by atoms with Crippen LogP contribution in [-0.2, 0) is 28.1 Å². The summed E-state index contributed by atoms with van der Waals surface area (Å²) in [6, 6.07) is 1.45. The summed E-state index contributed by atoms with van der Waals surface area (Å²) < 4.78 is 48.9. The molecular formula is C23H19Cl3F3N3O4S. The van der Waals surface area contributed by atoms with Gasteiger partial charge in [0.1, 0.15) is 11.8 Å². The Morgan fingerprint density at radius 3 is 2.49 bits per heavy atom. The molecule has 3 heterocycles. The molecule has 198 valence electrons. The number of hydrogen-bond donors (Lipinski definition) is 2. The van der Waals surface area contributed by atoms with Gasteiger partial charge in [0.05, 0.1) is 26.4 Å². The van der Waals surface area contributed by atoms with Gasteiger partial charge < -0.3 is 20.2 Å². The number of halogens is 6. The first-order valence-corrected chi connectivity index (χ1v) is 13.3. The van der Waals surface area contributed by atoms with Gasteiger partial charge >= 0.3 is 12.3 Å². The molecule has 1 aromatic heterocycles. The lowest BCUT2D eigenvalue weighted by atomic mass is 9.86. The second-order valence-corrected chi connectivity index (χ2v) is 11.1. The lowest BCUT2D eigenvalue weighted by molar-refractivity contribution is -0.275. The molecule has 2 atom stereocenters. The van der Waals surface area contributed by atoms with Crippen molar-refractivity contribution in [2.24, 2.45) is 5.16 Å². The molecule has 1 fully saturated rings. The Hall–Kier alpha value is -2.21. The average Bonchev–Trinajstić information content (AvgIpc) is 3.55. The van der Waals surface area contributed by atoms with Crippen LogP contribution in [0.4, 0.5) is 18.0 Å². The Morgan fingerprint density at radius 1 is 1.19 bits per heavy atom. The summed E-state index contributed by atoms with van der Waals surface area (Å²) in [5.41, 5.74) is -1.53. The highest BCUT2D eigenvalue weighted by Crippen LogP contribution is 2.52. The van der Waals surface area contributed by atoms with Gasteiger partial charge in [-0.2, -0.15) is 13.2 Å². The van der Waals surface area contributed by atoms with E-state index >= 15 is 0 Å². The SMILES string of the molecule is O=C(N[C@@H]1CCNC1=O)Oc1sc(C2=NOC(c3cc(Cl)c(Cl)c(Cl)c3)(C(F)(F)F)C2)c2c1CCCC2. The highest BCUT2D eigenvalue weighted by Gasteiger charge is 2.63. The van der Waals surface area contributed by atoms with E-state index in [1.807, 2.05) is 0 Å². The van der Waals surface area contributed by atoms with Crippen LogP contribution >= 0.6 is 46.1 Å². The fraction of sp³-hybridized carbons (Fsp3) is 0.435. The molecule has 14 heteroatoms. The van der Waals surface area contributed by atoms with Crippen molar-refractivity contribution >= 4 is 63.9 Å². The number of ether oxygens (including phenoxy) is 1. The Labute approximate surface area is 228 Å². The van der Waals surface area contributed by atoms with Crippen LogP contribution in [0.1, 0.15) is 47.3 Å². The van der Waals surface area contributed by atoms with E-state index in [4.69, 9.17) is 44.4 Å². The number of amides is 2. The third-order valence-corrected chi connectivity index (χ3v) is 9.01. The van der Waals surface area contributed by atoms with E-state index in [-0.39, 0.29) is 37.3 Å². The quantitative estimate of drug-likeness (QED) is 0.415. The van der Waals surface area contributed by atoms with E-state index in [2.05, 4.69) is 15.8 Å². The number of benzene rings is 1. The summed E-state index contributed by atoms with van der Waals surface area (Å²) in [6.07, 6.45) is -3.01. The number of carbonyl (C=O) groups excluding carboxylic acids is 2. The fourth-order valence-electron chi connectivity index (χ4n) is 4.71. The van der Waals surface area contributed by atoms with Crippen LogP contribution in [0.2, 0.25) is 15.1 Å². The van der Waals surface area contributed by atoms with Crippen molar-refractivity contribution < 1.29 is 32.3 Å². The van der Waals surface area contributed by atoms with E-state index in [1.54, 1.807) is 0 Å². The van der Waals surface area contributed by atoms with E-state index in [9.17, 15) is 22.8 Å². The molecule has 5 rings (SSSR count). The maximum Gasteiger partial charge on any atom is 0.435 e. The number of oxime groups is 1.